The van der Waals surface area contributed by atoms with Crippen LogP contribution in [0.1, 0.15) is 5.56 Å². The first-order chi connectivity index (χ1) is 8.56. The Labute approximate surface area is 119 Å². The van der Waals surface area contributed by atoms with Gasteiger partial charge < -0.3 is 10.5 Å². The first-order valence-electron chi connectivity index (χ1n) is 5.05. The van der Waals surface area contributed by atoms with Gasteiger partial charge >= 0.3 is 0 Å². The SMILES string of the molecule is Nc1nc(OCc2cccc(Cl)c2)c(Cl)cc1Cl. The molecular formula is C12H9Cl3N2O. The topological polar surface area (TPSA) is 48.1 Å². The van der Waals surface area contributed by atoms with Gasteiger partial charge in [-0.05, 0) is 23.8 Å². The second kappa shape index (κ2) is 5.65. The Morgan fingerprint density at radius 1 is 1.11 bits per heavy atom. The van der Waals surface area contributed by atoms with E-state index >= 15 is 0 Å². The van der Waals surface area contributed by atoms with Crippen molar-refractivity contribution in [2.24, 2.45) is 0 Å². The maximum absolute atomic E-state index is 5.95. The molecule has 1 aromatic heterocycles. The predicted molar refractivity (Wildman–Crippen MR) is 74.5 cm³/mol. The van der Waals surface area contributed by atoms with E-state index < -0.39 is 0 Å². The van der Waals surface area contributed by atoms with Crippen LogP contribution in [0.2, 0.25) is 15.1 Å². The Bertz CT molecular complexity index is 575. The van der Waals surface area contributed by atoms with Crippen LogP contribution in [0.4, 0.5) is 5.82 Å². The van der Waals surface area contributed by atoms with E-state index in [0.29, 0.717) is 21.7 Å². The summed E-state index contributed by atoms with van der Waals surface area (Å²) in [6.45, 7) is 0.300. The molecule has 2 aromatic rings. The fourth-order valence-corrected chi connectivity index (χ4v) is 1.97. The Morgan fingerprint density at radius 3 is 2.61 bits per heavy atom. The molecule has 2 rings (SSSR count). The van der Waals surface area contributed by atoms with Gasteiger partial charge in [0.05, 0.1) is 5.02 Å². The van der Waals surface area contributed by atoms with Gasteiger partial charge in [-0.3, -0.25) is 0 Å². The van der Waals surface area contributed by atoms with Crippen LogP contribution in [0.25, 0.3) is 0 Å². The summed E-state index contributed by atoms with van der Waals surface area (Å²) in [5, 5.41) is 1.26. The Morgan fingerprint density at radius 2 is 1.89 bits per heavy atom. The van der Waals surface area contributed by atoms with Crippen LogP contribution in [0.15, 0.2) is 30.3 Å². The number of nitrogen functional groups attached to an aromatic ring is 1. The highest BCUT2D eigenvalue weighted by molar-refractivity contribution is 6.36. The minimum atomic E-state index is 0.183. The largest absolute Gasteiger partial charge is 0.472 e. The van der Waals surface area contributed by atoms with Crippen LogP contribution in [0.5, 0.6) is 5.88 Å². The van der Waals surface area contributed by atoms with Crippen molar-refractivity contribution < 1.29 is 4.74 Å². The van der Waals surface area contributed by atoms with E-state index in [-0.39, 0.29) is 11.7 Å². The number of nitrogens with zero attached hydrogens (tertiary/aromatic N) is 1. The lowest BCUT2D eigenvalue weighted by Crippen LogP contribution is -2.00. The van der Waals surface area contributed by atoms with Crippen molar-refractivity contribution in [2.45, 2.75) is 6.61 Å². The van der Waals surface area contributed by atoms with Crippen LogP contribution < -0.4 is 10.5 Å². The number of anilines is 1. The van der Waals surface area contributed by atoms with Gasteiger partial charge in [-0.2, -0.15) is 4.98 Å². The molecule has 0 aliphatic carbocycles. The molecule has 6 heteroatoms. The van der Waals surface area contributed by atoms with Gasteiger partial charge in [0.2, 0.25) is 5.88 Å². The minimum Gasteiger partial charge on any atom is -0.472 e. The number of rotatable bonds is 3. The molecule has 0 radical (unpaired) electrons. The molecule has 2 N–H and O–H groups in total. The number of hydrogen-bond acceptors (Lipinski definition) is 3. The summed E-state index contributed by atoms with van der Waals surface area (Å²) in [7, 11) is 0. The summed E-state index contributed by atoms with van der Waals surface area (Å²) < 4.78 is 5.47. The second-order valence-electron chi connectivity index (χ2n) is 3.56. The lowest BCUT2D eigenvalue weighted by molar-refractivity contribution is 0.294. The summed E-state index contributed by atoms with van der Waals surface area (Å²) in [6, 6.07) is 8.81. The zero-order valence-electron chi connectivity index (χ0n) is 9.16. The van der Waals surface area contributed by atoms with Gasteiger partial charge in [0, 0.05) is 5.02 Å². The van der Waals surface area contributed by atoms with Gasteiger partial charge in [-0.15, -0.1) is 0 Å². The highest BCUT2D eigenvalue weighted by atomic mass is 35.5. The van der Waals surface area contributed by atoms with Crippen molar-refractivity contribution in [3.63, 3.8) is 0 Å². The predicted octanol–water partition coefficient (Wildman–Crippen LogP) is 4.20. The van der Waals surface area contributed by atoms with Crippen LogP contribution in [-0.4, -0.2) is 4.98 Å². The molecule has 0 fully saturated rings. The van der Waals surface area contributed by atoms with Gasteiger partial charge in [0.1, 0.15) is 17.4 Å². The van der Waals surface area contributed by atoms with E-state index in [1.54, 1.807) is 12.1 Å². The van der Waals surface area contributed by atoms with Crippen molar-refractivity contribution in [1.82, 2.24) is 4.98 Å². The summed E-state index contributed by atoms with van der Waals surface area (Å²) in [6.07, 6.45) is 0. The molecule has 0 aliphatic heterocycles. The standard InChI is InChI=1S/C12H9Cl3N2O/c13-8-3-1-2-7(4-8)6-18-12-10(15)5-9(14)11(16)17-12/h1-5H,6H2,(H2,16,17). The molecule has 0 saturated carbocycles. The molecule has 0 amide bonds. The fraction of sp³-hybridized carbons (Fsp3) is 0.0833. The zero-order chi connectivity index (χ0) is 13.1. The summed E-state index contributed by atoms with van der Waals surface area (Å²) in [5.74, 6) is 0.431. The number of benzene rings is 1. The van der Waals surface area contributed by atoms with E-state index in [2.05, 4.69) is 4.98 Å². The monoisotopic (exact) mass is 302 g/mol. The van der Waals surface area contributed by atoms with E-state index in [1.807, 2.05) is 12.1 Å². The van der Waals surface area contributed by atoms with E-state index in [0.717, 1.165) is 5.56 Å². The van der Waals surface area contributed by atoms with Crippen molar-refractivity contribution >= 4 is 40.6 Å². The number of nitrogens with two attached hydrogens (primary N) is 1. The Balaban J connectivity index is 2.13. The second-order valence-corrected chi connectivity index (χ2v) is 4.81. The molecule has 94 valence electrons. The third kappa shape index (κ3) is 3.19. The maximum atomic E-state index is 5.95. The molecule has 3 nitrogen and oxygen atoms in total. The number of pyridine rings is 1. The van der Waals surface area contributed by atoms with Gasteiger partial charge in [0.25, 0.3) is 0 Å². The molecule has 0 bridgehead atoms. The van der Waals surface area contributed by atoms with Gasteiger partial charge in [-0.25, -0.2) is 0 Å². The smallest absolute Gasteiger partial charge is 0.234 e. The normalized spacial score (nSPS) is 10.4. The molecule has 18 heavy (non-hydrogen) atoms. The number of aromatic nitrogens is 1. The first kappa shape index (κ1) is 13.3. The molecule has 0 atom stereocenters. The van der Waals surface area contributed by atoms with E-state index in [9.17, 15) is 0 Å². The van der Waals surface area contributed by atoms with Crippen LogP contribution >= 0.6 is 34.8 Å². The molecule has 0 aliphatic rings. The summed E-state index contributed by atoms with van der Waals surface area (Å²) in [4.78, 5) is 3.97. The quantitative estimate of drug-likeness (QED) is 0.924. The van der Waals surface area contributed by atoms with Crippen LogP contribution in [0, 0.1) is 0 Å². The number of halogens is 3. The molecule has 0 spiro atoms. The van der Waals surface area contributed by atoms with E-state index in [1.165, 1.54) is 6.07 Å². The number of ether oxygens (including phenoxy) is 1. The average molecular weight is 304 g/mol. The van der Waals surface area contributed by atoms with Crippen molar-refractivity contribution in [3.8, 4) is 5.88 Å². The van der Waals surface area contributed by atoms with E-state index in [4.69, 9.17) is 45.3 Å². The highest BCUT2D eigenvalue weighted by Gasteiger charge is 2.08. The lowest BCUT2D eigenvalue weighted by atomic mass is 10.2. The summed E-state index contributed by atoms with van der Waals surface area (Å²) >= 11 is 17.6. The molecule has 0 saturated heterocycles. The zero-order valence-corrected chi connectivity index (χ0v) is 11.4. The number of hydrogen-bond donors (Lipinski definition) is 1. The van der Waals surface area contributed by atoms with Crippen LogP contribution in [-0.2, 0) is 6.61 Å². The van der Waals surface area contributed by atoms with Crippen LogP contribution in [0.3, 0.4) is 0 Å². The molecular weight excluding hydrogens is 295 g/mol. The maximum Gasteiger partial charge on any atom is 0.234 e. The Hall–Kier alpha value is -1.16. The average Bonchev–Trinajstić information content (AvgIpc) is 2.32. The lowest BCUT2D eigenvalue weighted by Gasteiger charge is -2.08. The van der Waals surface area contributed by atoms with Crippen molar-refractivity contribution in [1.29, 1.82) is 0 Å². The van der Waals surface area contributed by atoms with Gasteiger partial charge in [0.15, 0.2) is 0 Å². The first-order valence-corrected chi connectivity index (χ1v) is 6.18. The van der Waals surface area contributed by atoms with Crippen molar-refractivity contribution in [3.05, 3.63) is 51.0 Å². The Kier molecular flexibility index (Phi) is 4.17. The molecule has 1 heterocycles. The third-order valence-electron chi connectivity index (χ3n) is 2.19. The fourth-order valence-electron chi connectivity index (χ4n) is 1.34. The van der Waals surface area contributed by atoms with Gasteiger partial charge in [-0.1, -0.05) is 46.9 Å². The third-order valence-corrected chi connectivity index (χ3v) is 3.00. The highest BCUT2D eigenvalue weighted by Crippen LogP contribution is 2.29. The molecule has 0 unspecified atom stereocenters. The summed E-state index contributed by atoms with van der Waals surface area (Å²) in [5.41, 5.74) is 6.49. The molecule has 1 aromatic carbocycles. The minimum absolute atomic E-state index is 0.183. The van der Waals surface area contributed by atoms with Crippen molar-refractivity contribution in [2.75, 3.05) is 5.73 Å².